The van der Waals surface area contributed by atoms with Crippen molar-refractivity contribution in [1.29, 1.82) is 0 Å². The minimum atomic E-state index is -0.178. The van der Waals surface area contributed by atoms with Gasteiger partial charge in [-0.15, -0.1) is 0 Å². The first kappa shape index (κ1) is 9.62. The Bertz CT molecular complexity index is 327. The molecule has 0 heterocycles. The molecule has 1 saturated carbocycles. The van der Waals surface area contributed by atoms with Crippen molar-refractivity contribution in [3.8, 4) is 0 Å². The normalized spacial score (nSPS) is 18.2. The van der Waals surface area contributed by atoms with Crippen molar-refractivity contribution in [3.63, 3.8) is 0 Å². The minimum Gasteiger partial charge on any atom is -0.304 e. The topological polar surface area (TPSA) is 35.2 Å². The molecule has 0 spiro atoms. The highest BCUT2D eigenvalue weighted by atomic mass is 19.1. The first-order chi connectivity index (χ1) is 6.66. The van der Waals surface area contributed by atoms with Crippen molar-refractivity contribution >= 4 is 0 Å². The number of hydrogen-bond acceptors (Lipinski definition) is 2. The van der Waals surface area contributed by atoms with Crippen LogP contribution in [0.15, 0.2) is 18.2 Å². The average molecular weight is 195 g/mol. The van der Waals surface area contributed by atoms with Gasteiger partial charge in [0, 0.05) is 5.41 Å². The monoisotopic (exact) mass is 195 g/mol. The van der Waals surface area contributed by atoms with E-state index in [4.69, 9.17) is 5.90 Å². The van der Waals surface area contributed by atoms with E-state index in [0.29, 0.717) is 6.61 Å². The van der Waals surface area contributed by atoms with E-state index in [0.717, 1.165) is 24.0 Å². The lowest BCUT2D eigenvalue weighted by Crippen LogP contribution is -2.18. The molecule has 3 heteroatoms. The zero-order valence-electron chi connectivity index (χ0n) is 8.22. The van der Waals surface area contributed by atoms with Crippen LogP contribution in [-0.4, -0.2) is 6.61 Å². The van der Waals surface area contributed by atoms with Gasteiger partial charge in [-0.1, -0.05) is 6.07 Å². The Morgan fingerprint density at radius 2 is 2.14 bits per heavy atom. The Labute approximate surface area is 82.8 Å². The van der Waals surface area contributed by atoms with Crippen LogP contribution in [0.4, 0.5) is 4.39 Å². The average Bonchev–Trinajstić information content (AvgIpc) is 2.84. The van der Waals surface area contributed by atoms with Gasteiger partial charge in [0.2, 0.25) is 0 Å². The summed E-state index contributed by atoms with van der Waals surface area (Å²) in [4.78, 5) is 4.68. The molecular weight excluding hydrogens is 181 g/mol. The fraction of sp³-hybridized carbons (Fsp3) is 0.455. The zero-order valence-corrected chi connectivity index (χ0v) is 8.22. The molecule has 2 nitrogen and oxygen atoms in total. The second-order valence-corrected chi connectivity index (χ2v) is 4.11. The predicted octanol–water partition coefficient (Wildman–Crippen LogP) is 2.06. The van der Waals surface area contributed by atoms with Gasteiger partial charge in [-0.3, -0.25) is 0 Å². The molecule has 2 N–H and O–H groups in total. The van der Waals surface area contributed by atoms with E-state index >= 15 is 0 Å². The standard InChI is InChI=1S/C11H14FNO/c1-8-4-9(6-10(12)5-8)11(2-3-11)7-14-13/h4-6H,2-3,7,13H2,1H3. The van der Waals surface area contributed by atoms with E-state index in [9.17, 15) is 4.39 Å². The summed E-state index contributed by atoms with van der Waals surface area (Å²) in [5, 5.41) is 0. The Balaban J connectivity index is 2.32. The molecule has 0 aromatic heterocycles. The smallest absolute Gasteiger partial charge is 0.123 e. The van der Waals surface area contributed by atoms with Crippen molar-refractivity contribution in [3.05, 3.63) is 35.1 Å². The maximum atomic E-state index is 13.2. The number of rotatable bonds is 3. The van der Waals surface area contributed by atoms with E-state index in [1.54, 1.807) is 6.07 Å². The van der Waals surface area contributed by atoms with Crippen molar-refractivity contribution in [2.24, 2.45) is 5.90 Å². The summed E-state index contributed by atoms with van der Waals surface area (Å²) in [7, 11) is 0. The van der Waals surface area contributed by atoms with Crippen LogP contribution in [-0.2, 0) is 10.3 Å². The molecule has 1 fully saturated rings. The fourth-order valence-electron chi connectivity index (χ4n) is 1.87. The predicted molar refractivity (Wildman–Crippen MR) is 52.2 cm³/mol. The van der Waals surface area contributed by atoms with E-state index < -0.39 is 0 Å². The summed E-state index contributed by atoms with van der Waals surface area (Å²) in [5.74, 6) is 4.90. The summed E-state index contributed by atoms with van der Waals surface area (Å²) in [6, 6.07) is 5.12. The molecule has 0 aliphatic heterocycles. The van der Waals surface area contributed by atoms with Crippen LogP contribution in [0.3, 0.4) is 0 Å². The third-order valence-electron chi connectivity index (χ3n) is 2.87. The summed E-state index contributed by atoms with van der Waals surface area (Å²) >= 11 is 0. The molecule has 0 saturated heterocycles. The lowest BCUT2D eigenvalue weighted by atomic mass is 9.95. The van der Waals surface area contributed by atoms with Crippen molar-refractivity contribution in [1.82, 2.24) is 0 Å². The molecule has 0 radical (unpaired) electrons. The Kier molecular flexibility index (Phi) is 2.29. The maximum absolute atomic E-state index is 13.2. The highest BCUT2D eigenvalue weighted by Crippen LogP contribution is 2.48. The summed E-state index contributed by atoms with van der Waals surface area (Å²) < 4.78 is 13.2. The first-order valence-electron chi connectivity index (χ1n) is 4.76. The molecule has 1 aromatic rings. The number of hydrogen-bond donors (Lipinski definition) is 1. The van der Waals surface area contributed by atoms with Crippen LogP contribution in [0.1, 0.15) is 24.0 Å². The molecule has 0 atom stereocenters. The van der Waals surface area contributed by atoms with E-state index in [1.165, 1.54) is 6.07 Å². The Morgan fingerprint density at radius 1 is 1.43 bits per heavy atom. The highest BCUT2D eigenvalue weighted by molar-refractivity contribution is 5.35. The lowest BCUT2D eigenvalue weighted by Gasteiger charge is -2.14. The molecule has 0 amide bonds. The van der Waals surface area contributed by atoms with E-state index in [1.807, 2.05) is 13.0 Å². The van der Waals surface area contributed by atoms with Crippen LogP contribution in [0, 0.1) is 12.7 Å². The quantitative estimate of drug-likeness (QED) is 0.749. The van der Waals surface area contributed by atoms with Crippen molar-refractivity contribution in [2.45, 2.75) is 25.2 Å². The van der Waals surface area contributed by atoms with Gasteiger partial charge in [0.1, 0.15) is 5.82 Å². The highest BCUT2D eigenvalue weighted by Gasteiger charge is 2.44. The molecule has 0 unspecified atom stereocenters. The van der Waals surface area contributed by atoms with Gasteiger partial charge in [-0.2, -0.15) is 0 Å². The van der Waals surface area contributed by atoms with Crippen molar-refractivity contribution in [2.75, 3.05) is 6.61 Å². The molecule has 1 aromatic carbocycles. The molecular formula is C11H14FNO. The summed E-state index contributed by atoms with van der Waals surface area (Å²) in [6.07, 6.45) is 2.07. The Hall–Kier alpha value is -0.930. The molecule has 1 aliphatic rings. The molecule has 2 rings (SSSR count). The zero-order chi connectivity index (χ0) is 10.2. The van der Waals surface area contributed by atoms with Crippen LogP contribution < -0.4 is 5.90 Å². The van der Waals surface area contributed by atoms with Gasteiger partial charge in [0.15, 0.2) is 0 Å². The number of benzene rings is 1. The van der Waals surface area contributed by atoms with Gasteiger partial charge in [-0.25, -0.2) is 10.3 Å². The van der Waals surface area contributed by atoms with E-state index in [-0.39, 0.29) is 11.2 Å². The van der Waals surface area contributed by atoms with Crippen LogP contribution in [0.5, 0.6) is 0 Å². The SMILES string of the molecule is Cc1cc(F)cc(C2(CON)CC2)c1. The molecule has 14 heavy (non-hydrogen) atoms. The van der Waals surface area contributed by atoms with Gasteiger partial charge < -0.3 is 4.84 Å². The fourth-order valence-corrected chi connectivity index (χ4v) is 1.87. The van der Waals surface area contributed by atoms with Gasteiger partial charge in [0.25, 0.3) is 0 Å². The minimum absolute atomic E-state index is 0.0123. The molecule has 0 bridgehead atoms. The number of nitrogens with two attached hydrogens (primary N) is 1. The lowest BCUT2D eigenvalue weighted by molar-refractivity contribution is 0.116. The van der Waals surface area contributed by atoms with E-state index in [2.05, 4.69) is 4.84 Å². The summed E-state index contributed by atoms with van der Waals surface area (Å²) in [6.45, 7) is 2.38. The van der Waals surface area contributed by atoms with Crippen LogP contribution in [0.2, 0.25) is 0 Å². The molecule has 1 aliphatic carbocycles. The number of aryl methyl sites for hydroxylation is 1. The van der Waals surface area contributed by atoms with Crippen LogP contribution in [0.25, 0.3) is 0 Å². The second kappa shape index (κ2) is 3.33. The first-order valence-corrected chi connectivity index (χ1v) is 4.76. The molecule has 76 valence electrons. The Morgan fingerprint density at radius 3 is 2.64 bits per heavy atom. The van der Waals surface area contributed by atoms with Gasteiger partial charge in [-0.05, 0) is 43.0 Å². The number of halogens is 1. The van der Waals surface area contributed by atoms with Crippen molar-refractivity contribution < 1.29 is 9.23 Å². The van der Waals surface area contributed by atoms with Gasteiger partial charge in [0.05, 0.1) is 6.61 Å². The van der Waals surface area contributed by atoms with Crippen LogP contribution >= 0.6 is 0 Å². The third-order valence-corrected chi connectivity index (χ3v) is 2.87. The second-order valence-electron chi connectivity index (χ2n) is 4.11. The largest absolute Gasteiger partial charge is 0.304 e. The third kappa shape index (κ3) is 1.65. The van der Waals surface area contributed by atoms with Gasteiger partial charge >= 0.3 is 0 Å². The maximum Gasteiger partial charge on any atom is 0.123 e. The summed E-state index contributed by atoms with van der Waals surface area (Å²) in [5.41, 5.74) is 1.95.